The zero-order valence-electron chi connectivity index (χ0n) is 15.9. The van der Waals surface area contributed by atoms with Crippen molar-refractivity contribution in [2.24, 2.45) is 0 Å². The number of hydrogen-bond donors (Lipinski definition) is 1. The van der Waals surface area contributed by atoms with Crippen LogP contribution in [0.1, 0.15) is 46.1 Å². The highest BCUT2D eigenvalue weighted by Crippen LogP contribution is 2.42. The molecule has 1 aliphatic carbocycles. The number of aromatic nitrogens is 4. The summed E-state index contributed by atoms with van der Waals surface area (Å²) in [6.07, 6.45) is -0.468. The number of alkyl halides is 3. The van der Waals surface area contributed by atoms with Crippen LogP contribution in [0, 0.1) is 11.3 Å². The first kappa shape index (κ1) is 20.3. The lowest BCUT2D eigenvalue weighted by molar-refractivity contribution is -0.274. The van der Waals surface area contributed by atoms with Gasteiger partial charge in [-0.25, -0.2) is 9.97 Å². The molecule has 1 amide bonds. The molecule has 0 unspecified atom stereocenters. The summed E-state index contributed by atoms with van der Waals surface area (Å²) in [4.78, 5) is 20.8. The molecule has 0 spiro atoms. The van der Waals surface area contributed by atoms with Crippen LogP contribution in [-0.4, -0.2) is 32.0 Å². The van der Waals surface area contributed by atoms with E-state index in [2.05, 4.69) is 25.1 Å². The second-order valence-electron chi connectivity index (χ2n) is 6.90. The highest BCUT2D eigenvalue weighted by atomic mass is 19.4. The monoisotopic (exact) mass is 428 g/mol. The third-order valence-electron chi connectivity index (χ3n) is 4.59. The van der Waals surface area contributed by atoms with Crippen LogP contribution in [0.2, 0.25) is 0 Å². The summed E-state index contributed by atoms with van der Waals surface area (Å²) in [5.41, 5.74) is 1.08. The Morgan fingerprint density at radius 3 is 2.71 bits per heavy atom. The van der Waals surface area contributed by atoms with Crippen LogP contribution in [0.4, 0.5) is 13.2 Å². The van der Waals surface area contributed by atoms with Crippen LogP contribution in [0.15, 0.2) is 42.9 Å². The fourth-order valence-corrected chi connectivity index (χ4v) is 3.01. The van der Waals surface area contributed by atoms with Gasteiger partial charge in [-0.15, -0.1) is 13.2 Å². The lowest BCUT2D eigenvalue weighted by Gasteiger charge is -2.13. The van der Waals surface area contributed by atoms with Crippen molar-refractivity contribution in [1.82, 2.24) is 25.1 Å². The second kappa shape index (κ2) is 8.06. The van der Waals surface area contributed by atoms with Crippen LogP contribution in [0.5, 0.6) is 5.75 Å². The van der Waals surface area contributed by atoms with Gasteiger partial charge in [-0.05, 0) is 54.7 Å². The van der Waals surface area contributed by atoms with E-state index in [0.29, 0.717) is 22.8 Å². The van der Waals surface area contributed by atoms with E-state index in [0.717, 1.165) is 18.9 Å². The van der Waals surface area contributed by atoms with Gasteiger partial charge in [0.2, 0.25) is 0 Å². The minimum absolute atomic E-state index is 0.0381. The number of pyridine rings is 1. The van der Waals surface area contributed by atoms with Gasteiger partial charge in [0, 0.05) is 11.8 Å². The van der Waals surface area contributed by atoms with Gasteiger partial charge in [-0.3, -0.25) is 4.79 Å². The van der Waals surface area contributed by atoms with E-state index in [-0.39, 0.29) is 18.0 Å². The second-order valence-corrected chi connectivity index (χ2v) is 6.90. The van der Waals surface area contributed by atoms with Crippen molar-refractivity contribution in [2.75, 3.05) is 0 Å². The molecule has 1 aliphatic rings. The average molecular weight is 428 g/mol. The molecule has 1 fully saturated rings. The molecule has 0 radical (unpaired) electrons. The van der Waals surface area contributed by atoms with Gasteiger partial charge in [0.05, 0.1) is 12.1 Å². The van der Waals surface area contributed by atoms with E-state index in [1.54, 1.807) is 18.2 Å². The van der Waals surface area contributed by atoms with Gasteiger partial charge < -0.3 is 10.1 Å². The third-order valence-corrected chi connectivity index (χ3v) is 4.59. The van der Waals surface area contributed by atoms with Gasteiger partial charge >= 0.3 is 6.36 Å². The van der Waals surface area contributed by atoms with Crippen molar-refractivity contribution < 1.29 is 22.7 Å². The molecule has 1 saturated carbocycles. The van der Waals surface area contributed by atoms with Crippen LogP contribution in [0.3, 0.4) is 0 Å². The number of nitriles is 1. The van der Waals surface area contributed by atoms with Gasteiger partial charge in [0.1, 0.15) is 18.1 Å². The molecule has 8 nitrogen and oxygen atoms in total. The summed E-state index contributed by atoms with van der Waals surface area (Å²) in [5.74, 6) is -0.106. The fraction of sp³-hybridized carbons (Fsp3) is 0.250. The van der Waals surface area contributed by atoms with Gasteiger partial charge in [0.15, 0.2) is 11.6 Å². The molecule has 0 atom stereocenters. The Labute approximate surface area is 174 Å². The van der Waals surface area contributed by atoms with Gasteiger partial charge in [-0.2, -0.15) is 15.0 Å². The quantitative estimate of drug-likeness (QED) is 0.646. The number of halogens is 3. The Morgan fingerprint density at radius 1 is 1.26 bits per heavy atom. The molecule has 158 valence electrons. The number of amides is 1. The minimum atomic E-state index is -4.85. The number of benzene rings is 1. The Morgan fingerprint density at radius 2 is 2.06 bits per heavy atom. The van der Waals surface area contributed by atoms with E-state index >= 15 is 0 Å². The Hall–Kier alpha value is -3.94. The molecular formula is C20H15F3N6O2. The highest BCUT2D eigenvalue weighted by molar-refractivity contribution is 5.94. The van der Waals surface area contributed by atoms with Gasteiger partial charge in [-0.1, -0.05) is 0 Å². The summed E-state index contributed by atoms with van der Waals surface area (Å²) >= 11 is 0. The number of ether oxygens (including phenoxy) is 1. The SMILES string of the molecule is N#Cc1ccc(-n2ncnc2CNC(=O)c2cc(OC(F)(F)F)cc(C3CC3)c2)nc1. The number of nitrogens with zero attached hydrogens (tertiary/aromatic N) is 5. The molecule has 2 aromatic heterocycles. The lowest BCUT2D eigenvalue weighted by atomic mass is 10.1. The molecule has 3 aromatic rings. The van der Waals surface area contributed by atoms with Crippen molar-refractivity contribution in [1.29, 1.82) is 5.26 Å². The predicted octanol–water partition coefficient (Wildman–Crippen LogP) is 3.24. The summed E-state index contributed by atoms with van der Waals surface area (Å²) in [7, 11) is 0. The van der Waals surface area contributed by atoms with E-state index < -0.39 is 18.0 Å². The number of nitrogens with one attached hydrogen (secondary N) is 1. The van der Waals surface area contributed by atoms with Crippen molar-refractivity contribution in [3.05, 3.63) is 65.4 Å². The van der Waals surface area contributed by atoms with Crippen LogP contribution >= 0.6 is 0 Å². The summed E-state index contributed by atoms with van der Waals surface area (Å²) in [6, 6.07) is 9.06. The van der Waals surface area contributed by atoms with Crippen molar-refractivity contribution in [2.45, 2.75) is 31.7 Å². The first-order chi connectivity index (χ1) is 14.8. The Kier molecular flexibility index (Phi) is 5.29. The molecule has 2 heterocycles. The first-order valence-corrected chi connectivity index (χ1v) is 9.27. The Balaban J connectivity index is 1.50. The molecule has 1 N–H and O–H groups in total. The summed E-state index contributed by atoms with van der Waals surface area (Å²) < 4.78 is 43.3. The topological polar surface area (TPSA) is 106 Å². The molecule has 11 heteroatoms. The lowest BCUT2D eigenvalue weighted by Crippen LogP contribution is -2.25. The smallest absolute Gasteiger partial charge is 0.406 e. The van der Waals surface area contributed by atoms with E-state index in [4.69, 9.17) is 5.26 Å². The number of carbonyl (C=O) groups excluding carboxylic acids is 1. The standard InChI is InChI=1S/C20H15F3N6O2/c21-20(22,23)31-16-6-14(13-2-3-13)5-15(7-16)19(30)26-10-18-27-11-28-29(18)17-4-1-12(8-24)9-25-17/h1,4-7,9,11,13H,2-3,10H2,(H,26,30). The highest BCUT2D eigenvalue weighted by Gasteiger charge is 2.32. The molecular weight excluding hydrogens is 413 g/mol. The van der Waals surface area contributed by atoms with Gasteiger partial charge in [0.25, 0.3) is 5.91 Å². The maximum atomic E-state index is 12.6. The zero-order valence-corrected chi connectivity index (χ0v) is 15.9. The largest absolute Gasteiger partial charge is 0.573 e. The third kappa shape index (κ3) is 4.98. The Bertz CT molecular complexity index is 1150. The molecule has 0 aliphatic heterocycles. The van der Waals surface area contributed by atoms with E-state index in [1.807, 2.05) is 6.07 Å². The molecule has 4 rings (SSSR count). The first-order valence-electron chi connectivity index (χ1n) is 9.27. The molecule has 31 heavy (non-hydrogen) atoms. The van der Waals surface area contributed by atoms with Crippen molar-refractivity contribution >= 4 is 5.91 Å². The average Bonchev–Trinajstić information content (AvgIpc) is 3.49. The van der Waals surface area contributed by atoms with Crippen LogP contribution in [0.25, 0.3) is 5.82 Å². The number of hydrogen-bond acceptors (Lipinski definition) is 6. The van der Waals surface area contributed by atoms with Crippen LogP contribution < -0.4 is 10.1 Å². The fourth-order valence-electron chi connectivity index (χ4n) is 3.01. The molecule has 0 bridgehead atoms. The summed E-state index contributed by atoms with van der Waals surface area (Å²) in [5, 5.41) is 15.6. The minimum Gasteiger partial charge on any atom is -0.406 e. The van der Waals surface area contributed by atoms with Crippen molar-refractivity contribution in [3.63, 3.8) is 0 Å². The molecule has 0 saturated heterocycles. The molecule has 1 aromatic carbocycles. The van der Waals surface area contributed by atoms with E-state index in [9.17, 15) is 18.0 Å². The van der Waals surface area contributed by atoms with Crippen LogP contribution in [-0.2, 0) is 6.54 Å². The zero-order chi connectivity index (χ0) is 22.0. The van der Waals surface area contributed by atoms with Crippen molar-refractivity contribution in [3.8, 4) is 17.6 Å². The van der Waals surface area contributed by atoms with E-state index in [1.165, 1.54) is 23.3 Å². The normalized spacial score (nSPS) is 13.5. The number of rotatable bonds is 6. The predicted molar refractivity (Wildman–Crippen MR) is 100 cm³/mol. The summed E-state index contributed by atoms with van der Waals surface area (Å²) in [6.45, 7) is -0.0381. The number of carbonyl (C=O) groups is 1. The maximum absolute atomic E-state index is 12.6. The maximum Gasteiger partial charge on any atom is 0.573 e.